The van der Waals surface area contributed by atoms with Gasteiger partial charge in [0.05, 0.1) is 17.8 Å². The van der Waals surface area contributed by atoms with Gasteiger partial charge in [-0.2, -0.15) is 0 Å². The highest BCUT2D eigenvalue weighted by Crippen LogP contribution is 2.54. The smallest absolute Gasteiger partial charge is 0.238 e. The molecule has 0 aromatic heterocycles. The Balaban J connectivity index is 1.02. The first-order chi connectivity index (χ1) is 18.8. The van der Waals surface area contributed by atoms with Gasteiger partial charge in [-0.3, -0.25) is 24.2 Å². The van der Waals surface area contributed by atoms with Crippen LogP contribution < -0.4 is 0 Å². The highest BCUT2D eigenvalue weighted by molar-refractivity contribution is 6.08. The summed E-state index contributed by atoms with van der Waals surface area (Å²) in [4.78, 5) is 42.3. The quantitative estimate of drug-likeness (QED) is 0.316. The lowest BCUT2D eigenvalue weighted by Gasteiger charge is -2.42. The normalized spacial score (nSPS) is 42.6. The highest BCUT2D eigenvalue weighted by atomic mass is 16.3. The van der Waals surface area contributed by atoms with E-state index in [1.165, 1.54) is 4.90 Å². The molecular formula is C33H38N2O4. The second-order valence-electron chi connectivity index (χ2n) is 12.5. The van der Waals surface area contributed by atoms with Gasteiger partial charge in [0.15, 0.2) is 0 Å². The van der Waals surface area contributed by atoms with E-state index in [4.69, 9.17) is 6.42 Å². The summed E-state index contributed by atoms with van der Waals surface area (Å²) in [6, 6.07) is 0. The topological polar surface area (TPSA) is 77.9 Å². The predicted octanol–water partition coefficient (Wildman–Crippen LogP) is 4.42. The van der Waals surface area contributed by atoms with Crippen molar-refractivity contribution in [3.8, 4) is 12.3 Å². The Morgan fingerprint density at radius 3 is 2.15 bits per heavy atom. The Kier molecular flexibility index (Phi) is 6.54. The van der Waals surface area contributed by atoms with E-state index in [9.17, 15) is 19.5 Å². The monoisotopic (exact) mass is 526 g/mol. The molecule has 0 spiro atoms. The van der Waals surface area contributed by atoms with Gasteiger partial charge in [-0.25, -0.2) is 0 Å². The number of nitrogens with zero attached hydrogens (tertiary/aromatic N) is 2. The van der Waals surface area contributed by atoms with Gasteiger partial charge in [0, 0.05) is 23.2 Å². The summed E-state index contributed by atoms with van der Waals surface area (Å²) in [5.74, 6) is 2.81. The molecule has 6 nitrogen and oxygen atoms in total. The summed E-state index contributed by atoms with van der Waals surface area (Å²) in [6.07, 6.45) is 23.5. The summed E-state index contributed by atoms with van der Waals surface area (Å²) in [6.45, 7) is 7.99. The standard InChI is InChI=1S/C33H38N2O4/c1-5-22-17-18(3)26-28(22)32(38)34(30(26)36)23-13-9-20(10-14-23)7-8-21-11-15-24(16-12-21)35-31(37)27-19(4)25(6-2)29(27)33(35)39/h2,5,9,11,13-16,18-22,25-29,31,37H,1,7-8,10,12,17H2,3-4H3. The van der Waals surface area contributed by atoms with Gasteiger partial charge in [-0.1, -0.05) is 44.2 Å². The SMILES string of the molecule is C#CC1C(C)C2C1C(=O)N(C1=CCC(CCC3C=CC(N4C(=O)C5C(C)CC(C=C)C5C4=O)=CC3)C=C1)C2O. The maximum absolute atomic E-state index is 13.2. The number of carbonyl (C=O) groups excluding carboxylic acids is 3. The molecule has 2 aliphatic heterocycles. The lowest BCUT2D eigenvalue weighted by molar-refractivity contribution is -0.138. The third kappa shape index (κ3) is 3.92. The summed E-state index contributed by atoms with van der Waals surface area (Å²) in [7, 11) is 0. The molecule has 204 valence electrons. The molecule has 2 saturated heterocycles. The van der Waals surface area contributed by atoms with E-state index in [-0.39, 0.29) is 65.1 Å². The first kappa shape index (κ1) is 26.1. The van der Waals surface area contributed by atoms with Crippen molar-refractivity contribution in [2.75, 3.05) is 0 Å². The summed E-state index contributed by atoms with van der Waals surface area (Å²) in [5, 5.41) is 10.8. The Morgan fingerprint density at radius 2 is 1.59 bits per heavy atom. The molecule has 11 atom stereocenters. The van der Waals surface area contributed by atoms with Crippen LogP contribution >= 0.6 is 0 Å². The molecule has 0 aromatic rings. The van der Waals surface area contributed by atoms with Gasteiger partial charge < -0.3 is 5.11 Å². The molecule has 6 heteroatoms. The molecule has 2 heterocycles. The van der Waals surface area contributed by atoms with Gasteiger partial charge in [-0.05, 0) is 73.8 Å². The molecular weight excluding hydrogens is 488 g/mol. The lowest BCUT2D eigenvalue weighted by atomic mass is 9.58. The zero-order valence-electron chi connectivity index (χ0n) is 22.8. The van der Waals surface area contributed by atoms with Crippen LogP contribution in [0.5, 0.6) is 0 Å². The van der Waals surface area contributed by atoms with Gasteiger partial charge in [-0.15, -0.1) is 18.9 Å². The number of hydrogen-bond donors (Lipinski definition) is 1. The minimum Gasteiger partial charge on any atom is -0.373 e. The third-order valence-electron chi connectivity index (χ3n) is 10.5. The average molecular weight is 527 g/mol. The fourth-order valence-corrected chi connectivity index (χ4v) is 8.25. The molecule has 6 rings (SSSR count). The molecule has 4 aliphatic carbocycles. The van der Waals surface area contributed by atoms with E-state index in [1.807, 2.05) is 31.2 Å². The van der Waals surface area contributed by atoms with E-state index in [0.29, 0.717) is 11.8 Å². The number of aliphatic hydroxyl groups is 1. The number of fused-ring (bicyclic) bond motifs is 2. The fraction of sp³-hybridized carbons (Fsp3) is 0.545. The van der Waals surface area contributed by atoms with Crippen molar-refractivity contribution in [2.45, 2.75) is 52.2 Å². The molecule has 0 aromatic carbocycles. The molecule has 2 saturated carbocycles. The first-order valence-electron chi connectivity index (χ1n) is 14.5. The van der Waals surface area contributed by atoms with Crippen molar-refractivity contribution >= 4 is 17.7 Å². The Labute approximate surface area is 231 Å². The molecule has 4 fully saturated rings. The largest absolute Gasteiger partial charge is 0.373 e. The zero-order valence-corrected chi connectivity index (χ0v) is 22.8. The van der Waals surface area contributed by atoms with Crippen molar-refractivity contribution in [3.63, 3.8) is 0 Å². The number of aliphatic hydroxyl groups excluding tert-OH is 1. The second kappa shape index (κ2) is 9.78. The summed E-state index contributed by atoms with van der Waals surface area (Å²) < 4.78 is 0. The van der Waals surface area contributed by atoms with Gasteiger partial charge >= 0.3 is 0 Å². The van der Waals surface area contributed by atoms with Crippen LogP contribution in [0.25, 0.3) is 0 Å². The predicted molar refractivity (Wildman–Crippen MR) is 148 cm³/mol. The van der Waals surface area contributed by atoms with Gasteiger partial charge in [0.25, 0.3) is 0 Å². The van der Waals surface area contributed by atoms with Crippen LogP contribution in [0.4, 0.5) is 0 Å². The number of amides is 3. The van der Waals surface area contributed by atoms with Crippen molar-refractivity contribution in [1.29, 1.82) is 0 Å². The summed E-state index contributed by atoms with van der Waals surface area (Å²) >= 11 is 0. The van der Waals surface area contributed by atoms with Crippen molar-refractivity contribution < 1.29 is 19.5 Å². The number of allylic oxidation sites excluding steroid dienone is 7. The first-order valence-corrected chi connectivity index (χ1v) is 14.5. The van der Waals surface area contributed by atoms with Crippen LogP contribution in [0.15, 0.2) is 60.5 Å². The minimum absolute atomic E-state index is 0.0501. The molecule has 1 N–H and O–H groups in total. The van der Waals surface area contributed by atoms with Gasteiger partial charge in [0.1, 0.15) is 6.23 Å². The molecule has 3 amide bonds. The number of likely N-dealkylation sites (tertiary alicyclic amines) is 2. The van der Waals surface area contributed by atoms with Crippen LogP contribution in [0.3, 0.4) is 0 Å². The number of carbonyl (C=O) groups is 3. The molecule has 6 aliphatic rings. The number of terminal acetylenes is 1. The van der Waals surface area contributed by atoms with Crippen LogP contribution in [0.1, 0.15) is 46.0 Å². The van der Waals surface area contributed by atoms with E-state index >= 15 is 0 Å². The lowest BCUT2D eigenvalue weighted by Crippen LogP contribution is -2.47. The zero-order chi connectivity index (χ0) is 27.6. The maximum atomic E-state index is 13.2. The van der Waals surface area contributed by atoms with Crippen molar-refractivity contribution in [2.24, 2.45) is 59.2 Å². The Bertz CT molecular complexity index is 1270. The van der Waals surface area contributed by atoms with Crippen LogP contribution in [0, 0.1) is 71.5 Å². The highest BCUT2D eigenvalue weighted by Gasteiger charge is 2.62. The average Bonchev–Trinajstić information content (AvgIpc) is 3.49. The van der Waals surface area contributed by atoms with Crippen LogP contribution in [-0.4, -0.2) is 38.9 Å². The van der Waals surface area contributed by atoms with E-state index in [1.54, 1.807) is 4.90 Å². The fourth-order valence-electron chi connectivity index (χ4n) is 8.25. The molecule has 0 bridgehead atoms. The van der Waals surface area contributed by atoms with E-state index < -0.39 is 6.23 Å². The van der Waals surface area contributed by atoms with Crippen LogP contribution in [0.2, 0.25) is 0 Å². The van der Waals surface area contributed by atoms with E-state index in [0.717, 1.165) is 43.5 Å². The molecule has 11 unspecified atom stereocenters. The Hall–Kier alpha value is -3.17. The minimum atomic E-state index is -0.803. The van der Waals surface area contributed by atoms with Gasteiger partial charge in [0.2, 0.25) is 17.7 Å². The summed E-state index contributed by atoms with van der Waals surface area (Å²) in [5.41, 5.74) is 1.50. The van der Waals surface area contributed by atoms with E-state index in [2.05, 4.69) is 37.7 Å². The number of rotatable bonds is 6. The number of hydrogen-bond acceptors (Lipinski definition) is 4. The maximum Gasteiger partial charge on any atom is 0.238 e. The molecule has 39 heavy (non-hydrogen) atoms. The van der Waals surface area contributed by atoms with Crippen LogP contribution in [-0.2, 0) is 14.4 Å². The third-order valence-corrected chi connectivity index (χ3v) is 10.5. The molecule has 0 radical (unpaired) electrons. The number of imide groups is 1. The van der Waals surface area contributed by atoms with Crippen molar-refractivity contribution in [1.82, 2.24) is 9.80 Å². The van der Waals surface area contributed by atoms with Crippen molar-refractivity contribution in [3.05, 3.63) is 60.5 Å². The second-order valence-corrected chi connectivity index (χ2v) is 12.5. The Morgan fingerprint density at radius 1 is 0.974 bits per heavy atom.